The molecule has 8 nitrogen and oxygen atoms in total. The average molecular weight is 379 g/mol. The number of rotatable bonds is 6. The molecular weight excluding hydrogens is 354 g/mol. The van der Waals surface area contributed by atoms with Crippen LogP contribution in [0.5, 0.6) is 0 Å². The number of aryl methyl sites for hydroxylation is 1. The van der Waals surface area contributed by atoms with Crippen LogP contribution >= 0.6 is 0 Å². The second-order valence-electron chi connectivity index (χ2n) is 6.90. The van der Waals surface area contributed by atoms with Crippen molar-refractivity contribution in [2.45, 2.75) is 56.0 Å². The van der Waals surface area contributed by atoms with Crippen LogP contribution in [0.4, 0.5) is 0 Å². The van der Waals surface area contributed by atoms with Crippen molar-refractivity contribution in [3.63, 3.8) is 0 Å². The summed E-state index contributed by atoms with van der Waals surface area (Å²) in [6, 6.07) is 5.03. The number of carbonyl (C=O) groups is 1. The first kappa shape index (κ1) is 18.8. The van der Waals surface area contributed by atoms with Gasteiger partial charge in [0.2, 0.25) is 15.9 Å². The van der Waals surface area contributed by atoms with Crippen molar-refractivity contribution in [1.82, 2.24) is 24.6 Å². The maximum atomic E-state index is 12.2. The summed E-state index contributed by atoms with van der Waals surface area (Å²) in [7, 11) is -0.534. The van der Waals surface area contributed by atoms with E-state index in [1.165, 1.54) is 39.4 Å². The Morgan fingerprint density at radius 3 is 2.69 bits per heavy atom. The summed E-state index contributed by atoms with van der Waals surface area (Å²) >= 11 is 0. The second-order valence-corrected chi connectivity index (χ2v) is 9.05. The zero-order chi connectivity index (χ0) is 18.7. The molecule has 0 spiro atoms. The Balaban J connectivity index is 1.66. The molecule has 0 saturated heterocycles. The lowest BCUT2D eigenvalue weighted by molar-refractivity contribution is -0.122. The highest BCUT2D eigenvalue weighted by Gasteiger charge is 2.19. The molecule has 1 amide bonds. The van der Waals surface area contributed by atoms with Gasteiger partial charge >= 0.3 is 0 Å². The van der Waals surface area contributed by atoms with E-state index in [1.807, 2.05) is 0 Å². The third-order valence-electron chi connectivity index (χ3n) is 4.78. The SMILES string of the molecule is CN(C)S(=O)(=O)c1ccc2c(c1)nnn2CCC(=O)NC1CCCCC1. The largest absolute Gasteiger partial charge is 0.353 e. The number of hydrogen-bond acceptors (Lipinski definition) is 5. The van der Waals surface area contributed by atoms with Gasteiger partial charge in [-0.25, -0.2) is 17.4 Å². The standard InChI is InChI=1S/C17H25N5O3S/c1-21(2)26(24,25)14-8-9-16-15(12-14)19-20-22(16)11-10-17(23)18-13-6-4-3-5-7-13/h8-9,12-13H,3-7,10-11H2,1-2H3,(H,18,23). The molecule has 1 aromatic heterocycles. The highest BCUT2D eigenvalue weighted by molar-refractivity contribution is 7.89. The van der Waals surface area contributed by atoms with E-state index >= 15 is 0 Å². The van der Waals surface area contributed by atoms with Gasteiger partial charge in [0.15, 0.2) is 0 Å². The number of hydrogen-bond donors (Lipinski definition) is 1. The van der Waals surface area contributed by atoms with Gasteiger partial charge in [-0.2, -0.15) is 0 Å². The predicted molar refractivity (Wildman–Crippen MR) is 98.0 cm³/mol. The molecule has 1 aromatic carbocycles. The van der Waals surface area contributed by atoms with E-state index in [4.69, 9.17) is 0 Å². The number of fused-ring (bicyclic) bond motifs is 1. The molecular formula is C17H25N5O3S. The normalized spacial score (nSPS) is 16.3. The molecule has 1 aliphatic carbocycles. The van der Waals surface area contributed by atoms with Crippen LogP contribution in [-0.4, -0.2) is 53.8 Å². The molecule has 1 heterocycles. The van der Waals surface area contributed by atoms with Crippen LogP contribution in [0.1, 0.15) is 38.5 Å². The van der Waals surface area contributed by atoms with Crippen molar-refractivity contribution in [2.75, 3.05) is 14.1 Å². The maximum Gasteiger partial charge on any atom is 0.242 e. The molecule has 0 unspecified atom stereocenters. The maximum absolute atomic E-state index is 12.2. The van der Waals surface area contributed by atoms with E-state index in [0.29, 0.717) is 30.0 Å². The number of sulfonamides is 1. The Morgan fingerprint density at radius 2 is 2.00 bits per heavy atom. The molecule has 2 aromatic rings. The van der Waals surface area contributed by atoms with Gasteiger partial charge < -0.3 is 5.32 Å². The van der Waals surface area contributed by atoms with Crippen molar-refractivity contribution in [3.8, 4) is 0 Å². The molecule has 0 bridgehead atoms. The zero-order valence-electron chi connectivity index (χ0n) is 15.2. The van der Waals surface area contributed by atoms with Crippen LogP contribution in [0.3, 0.4) is 0 Å². The number of benzene rings is 1. The second kappa shape index (κ2) is 7.71. The Kier molecular flexibility index (Phi) is 5.57. The fourth-order valence-electron chi connectivity index (χ4n) is 3.24. The highest BCUT2D eigenvalue weighted by atomic mass is 32.2. The first-order valence-corrected chi connectivity index (χ1v) is 10.4. The minimum absolute atomic E-state index is 0.0207. The average Bonchev–Trinajstić information content (AvgIpc) is 3.03. The van der Waals surface area contributed by atoms with Gasteiger partial charge in [0.1, 0.15) is 5.52 Å². The lowest BCUT2D eigenvalue weighted by Crippen LogP contribution is -2.36. The fraction of sp³-hybridized carbons (Fsp3) is 0.588. The summed E-state index contributed by atoms with van der Waals surface area (Å²) in [5.41, 5.74) is 1.22. The van der Waals surface area contributed by atoms with E-state index in [-0.39, 0.29) is 10.8 Å². The molecule has 0 aliphatic heterocycles. The van der Waals surface area contributed by atoms with Crippen molar-refractivity contribution >= 4 is 27.0 Å². The van der Waals surface area contributed by atoms with E-state index in [0.717, 1.165) is 17.1 Å². The molecule has 1 aliphatic rings. The molecule has 9 heteroatoms. The fourth-order valence-corrected chi connectivity index (χ4v) is 4.16. The summed E-state index contributed by atoms with van der Waals surface area (Å²) < 4.78 is 27.2. The van der Waals surface area contributed by atoms with Crippen LogP contribution in [-0.2, 0) is 21.4 Å². The first-order valence-electron chi connectivity index (χ1n) is 8.93. The molecule has 1 saturated carbocycles. The van der Waals surface area contributed by atoms with Crippen LogP contribution in [0.25, 0.3) is 11.0 Å². The number of nitrogens with one attached hydrogen (secondary N) is 1. The number of amides is 1. The number of aromatic nitrogens is 3. The van der Waals surface area contributed by atoms with Crippen LogP contribution in [0.2, 0.25) is 0 Å². The summed E-state index contributed by atoms with van der Waals surface area (Å²) in [5.74, 6) is 0.0207. The van der Waals surface area contributed by atoms with Gasteiger partial charge in [-0.15, -0.1) is 5.10 Å². The lowest BCUT2D eigenvalue weighted by Gasteiger charge is -2.22. The molecule has 1 fully saturated rings. The van der Waals surface area contributed by atoms with Crippen molar-refractivity contribution < 1.29 is 13.2 Å². The van der Waals surface area contributed by atoms with E-state index in [2.05, 4.69) is 15.6 Å². The molecule has 0 atom stereocenters. The predicted octanol–water partition coefficient (Wildman–Crippen LogP) is 1.52. The van der Waals surface area contributed by atoms with Gasteiger partial charge in [-0.05, 0) is 31.0 Å². The van der Waals surface area contributed by atoms with Crippen LogP contribution in [0.15, 0.2) is 23.1 Å². The third kappa shape index (κ3) is 4.04. The van der Waals surface area contributed by atoms with E-state index < -0.39 is 10.0 Å². The van der Waals surface area contributed by atoms with Crippen molar-refractivity contribution in [1.29, 1.82) is 0 Å². The minimum atomic E-state index is -3.51. The molecule has 3 rings (SSSR count). The topological polar surface area (TPSA) is 97.2 Å². The van der Waals surface area contributed by atoms with Gasteiger partial charge in [0, 0.05) is 26.6 Å². The van der Waals surface area contributed by atoms with Crippen molar-refractivity contribution in [3.05, 3.63) is 18.2 Å². The van der Waals surface area contributed by atoms with Gasteiger partial charge in [-0.1, -0.05) is 24.5 Å². The molecule has 1 N–H and O–H groups in total. The molecule has 0 radical (unpaired) electrons. The number of carbonyl (C=O) groups excluding carboxylic acids is 1. The number of nitrogens with zero attached hydrogens (tertiary/aromatic N) is 4. The summed E-state index contributed by atoms with van der Waals surface area (Å²) in [6.45, 7) is 0.412. The Morgan fingerprint density at radius 1 is 1.27 bits per heavy atom. The first-order chi connectivity index (χ1) is 12.4. The van der Waals surface area contributed by atoms with Crippen molar-refractivity contribution in [2.24, 2.45) is 0 Å². The highest BCUT2D eigenvalue weighted by Crippen LogP contribution is 2.20. The summed E-state index contributed by atoms with van der Waals surface area (Å²) in [6.07, 6.45) is 6.05. The molecule has 26 heavy (non-hydrogen) atoms. The third-order valence-corrected chi connectivity index (χ3v) is 6.60. The summed E-state index contributed by atoms with van der Waals surface area (Å²) in [4.78, 5) is 12.3. The van der Waals surface area contributed by atoms with E-state index in [9.17, 15) is 13.2 Å². The smallest absolute Gasteiger partial charge is 0.242 e. The van der Waals surface area contributed by atoms with Gasteiger partial charge in [-0.3, -0.25) is 4.79 Å². The quantitative estimate of drug-likeness (QED) is 0.821. The van der Waals surface area contributed by atoms with Gasteiger partial charge in [0.25, 0.3) is 0 Å². The monoisotopic (exact) mass is 379 g/mol. The lowest BCUT2D eigenvalue weighted by atomic mass is 9.95. The van der Waals surface area contributed by atoms with E-state index in [1.54, 1.807) is 16.8 Å². The van der Waals surface area contributed by atoms with Crippen LogP contribution < -0.4 is 5.32 Å². The zero-order valence-corrected chi connectivity index (χ0v) is 16.0. The van der Waals surface area contributed by atoms with Gasteiger partial charge in [0.05, 0.1) is 17.0 Å². The molecule has 142 valence electrons. The Labute approximate surface area is 153 Å². The summed E-state index contributed by atoms with van der Waals surface area (Å²) in [5, 5.41) is 11.2. The van der Waals surface area contributed by atoms with Crippen LogP contribution in [0, 0.1) is 0 Å². The Bertz CT molecular complexity index is 885. The minimum Gasteiger partial charge on any atom is -0.353 e. The Hall–Kier alpha value is -2.00.